The third-order valence-corrected chi connectivity index (χ3v) is 3.10. The smallest absolute Gasteiger partial charge is 0.251 e. The van der Waals surface area contributed by atoms with Gasteiger partial charge in [-0.3, -0.25) is 4.79 Å². The average Bonchev–Trinajstić information content (AvgIpc) is 2.47. The lowest BCUT2D eigenvalue weighted by Crippen LogP contribution is -2.25. The van der Waals surface area contributed by atoms with E-state index in [0.29, 0.717) is 23.5 Å². The summed E-state index contributed by atoms with van der Waals surface area (Å²) in [5, 5.41) is 2.85. The molecule has 1 amide bonds. The van der Waals surface area contributed by atoms with Crippen LogP contribution in [-0.2, 0) is 6.42 Å². The van der Waals surface area contributed by atoms with E-state index in [-0.39, 0.29) is 5.91 Å². The summed E-state index contributed by atoms with van der Waals surface area (Å²) in [5.41, 5.74) is 13.9. The predicted octanol–water partition coefficient (Wildman–Crippen LogP) is 1.83. The van der Waals surface area contributed by atoms with Crippen molar-refractivity contribution in [1.82, 2.24) is 5.32 Å². The molecular weight excluding hydrogens is 266 g/mol. The molecule has 0 spiro atoms. The van der Waals surface area contributed by atoms with Crippen LogP contribution in [-0.4, -0.2) is 19.6 Å². The van der Waals surface area contributed by atoms with E-state index in [4.69, 9.17) is 16.2 Å². The van der Waals surface area contributed by atoms with Gasteiger partial charge in [0.15, 0.2) is 0 Å². The molecule has 0 atom stereocenters. The normalized spacial score (nSPS) is 10.1. The van der Waals surface area contributed by atoms with Gasteiger partial charge in [0.25, 0.3) is 5.91 Å². The third kappa shape index (κ3) is 4.14. The van der Waals surface area contributed by atoms with Gasteiger partial charge in [-0.25, -0.2) is 0 Å². The minimum atomic E-state index is -0.178. The number of rotatable bonds is 5. The number of ether oxygens (including phenoxy) is 1. The summed E-state index contributed by atoms with van der Waals surface area (Å²) in [6.45, 7) is 0.542. The second-order valence-electron chi connectivity index (χ2n) is 4.74. The number of hydrogen-bond acceptors (Lipinski definition) is 4. The molecule has 0 aliphatic heterocycles. The summed E-state index contributed by atoms with van der Waals surface area (Å²) in [6.07, 6.45) is 0.744. The molecule has 5 heteroatoms. The molecule has 5 N–H and O–H groups in total. The Morgan fingerprint density at radius 3 is 2.29 bits per heavy atom. The van der Waals surface area contributed by atoms with Gasteiger partial charge in [-0.15, -0.1) is 0 Å². The lowest BCUT2D eigenvalue weighted by Gasteiger charge is -2.07. The summed E-state index contributed by atoms with van der Waals surface area (Å²) >= 11 is 0. The molecule has 0 saturated carbocycles. The zero-order chi connectivity index (χ0) is 15.2. The van der Waals surface area contributed by atoms with Crippen LogP contribution in [0.25, 0.3) is 0 Å². The van der Waals surface area contributed by atoms with E-state index < -0.39 is 0 Å². The molecule has 110 valence electrons. The van der Waals surface area contributed by atoms with E-state index in [0.717, 1.165) is 17.7 Å². The van der Waals surface area contributed by atoms with Gasteiger partial charge in [-0.05, 0) is 42.3 Å². The van der Waals surface area contributed by atoms with E-state index in [1.807, 2.05) is 24.3 Å². The van der Waals surface area contributed by atoms with Gasteiger partial charge in [-0.1, -0.05) is 12.1 Å². The first-order chi connectivity index (χ1) is 10.1. The topological polar surface area (TPSA) is 90.4 Å². The highest BCUT2D eigenvalue weighted by Crippen LogP contribution is 2.14. The fourth-order valence-electron chi connectivity index (χ4n) is 2.02. The highest BCUT2D eigenvalue weighted by atomic mass is 16.5. The van der Waals surface area contributed by atoms with Crippen molar-refractivity contribution in [2.75, 3.05) is 25.1 Å². The van der Waals surface area contributed by atoms with E-state index in [9.17, 15) is 4.79 Å². The van der Waals surface area contributed by atoms with Crippen molar-refractivity contribution in [2.45, 2.75) is 6.42 Å². The zero-order valence-electron chi connectivity index (χ0n) is 11.9. The molecule has 5 nitrogen and oxygen atoms in total. The second-order valence-corrected chi connectivity index (χ2v) is 4.74. The zero-order valence-corrected chi connectivity index (χ0v) is 11.9. The van der Waals surface area contributed by atoms with Crippen LogP contribution in [0.5, 0.6) is 5.75 Å². The van der Waals surface area contributed by atoms with E-state index in [1.165, 1.54) is 0 Å². The first-order valence-electron chi connectivity index (χ1n) is 6.65. The molecule has 0 radical (unpaired) electrons. The molecular formula is C16H19N3O2. The number of amides is 1. The van der Waals surface area contributed by atoms with Crippen molar-refractivity contribution >= 4 is 17.3 Å². The Morgan fingerprint density at radius 1 is 1.10 bits per heavy atom. The molecule has 0 aromatic heterocycles. The maximum absolute atomic E-state index is 12.0. The number of carbonyl (C=O) groups is 1. The Kier molecular flexibility index (Phi) is 4.66. The first kappa shape index (κ1) is 14.7. The molecule has 21 heavy (non-hydrogen) atoms. The third-order valence-electron chi connectivity index (χ3n) is 3.10. The number of benzene rings is 2. The Morgan fingerprint density at radius 2 is 1.71 bits per heavy atom. The van der Waals surface area contributed by atoms with Crippen LogP contribution in [0.1, 0.15) is 15.9 Å². The minimum Gasteiger partial charge on any atom is -0.497 e. The molecule has 2 aromatic rings. The number of carbonyl (C=O) groups excluding carboxylic acids is 1. The van der Waals surface area contributed by atoms with Crippen LogP contribution in [0, 0.1) is 0 Å². The molecule has 2 rings (SSSR count). The maximum atomic E-state index is 12.0. The van der Waals surface area contributed by atoms with Crippen molar-refractivity contribution in [1.29, 1.82) is 0 Å². The summed E-state index contributed by atoms with van der Waals surface area (Å²) < 4.78 is 5.10. The van der Waals surface area contributed by atoms with Crippen LogP contribution in [0.2, 0.25) is 0 Å². The fourth-order valence-corrected chi connectivity index (χ4v) is 2.02. The highest BCUT2D eigenvalue weighted by molar-refractivity contribution is 5.96. The van der Waals surface area contributed by atoms with Gasteiger partial charge >= 0.3 is 0 Å². The van der Waals surface area contributed by atoms with Crippen molar-refractivity contribution in [3.63, 3.8) is 0 Å². The largest absolute Gasteiger partial charge is 0.497 e. The Labute approximate surface area is 123 Å². The standard InChI is InChI=1S/C16H19N3O2/c1-21-15-4-2-11(3-5-15)6-7-19-16(20)12-8-13(17)10-14(18)9-12/h2-5,8-10H,6-7,17-18H2,1H3,(H,19,20). The predicted molar refractivity (Wildman–Crippen MR) is 84.3 cm³/mol. The lowest BCUT2D eigenvalue weighted by atomic mass is 10.1. The van der Waals surface area contributed by atoms with Crippen molar-refractivity contribution in [3.8, 4) is 5.75 Å². The van der Waals surface area contributed by atoms with Gasteiger partial charge in [-0.2, -0.15) is 0 Å². The number of nitrogens with one attached hydrogen (secondary N) is 1. The number of nitrogen functional groups attached to an aromatic ring is 2. The van der Waals surface area contributed by atoms with Crippen LogP contribution in [0.4, 0.5) is 11.4 Å². The fraction of sp³-hybridized carbons (Fsp3) is 0.188. The quantitative estimate of drug-likeness (QED) is 0.731. The summed E-state index contributed by atoms with van der Waals surface area (Å²) in [5.74, 6) is 0.639. The number of anilines is 2. The van der Waals surface area contributed by atoms with Crippen LogP contribution in [0.3, 0.4) is 0 Å². The Bertz CT molecular complexity index is 604. The van der Waals surface area contributed by atoms with Gasteiger partial charge in [0.1, 0.15) is 5.75 Å². The van der Waals surface area contributed by atoms with Crippen LogP contribution < -0.4 is 21.5 Å². The molecule has 0 aliphatic rings. The molecule has 0 fully saturated rings. The lowest BCUT2D eigenvalue weighted by molar-refractivity contribution is 0.0954. The Balaban J connectivity index is 1.88. The molecule has 0 saturated heterocycles. The van der Waals surface area contributed by atoms with E-state index >= 15 is 0 Å². The highest BCUT2D eigenvalue weighted by Gasteiger charge is 2.06. The number of nitrogens with two attached hydrogens (primary N) is 2. The van der Waals surface area contributed by atoms with Crippen molar-refractivity contribution < 1.29 is 9.53 Å². The van der Waals surface area contributed by atoms with E-state index in [1.54, 1.807) is 25.3 Å². The summed E-state index contributed by atoms with van der Waals surface area (Å²) in [6, 6.07) is 12.6. The van der Waals surface area contributed by atoms with Gasteiger partial charge in [0, 0.05) is 23.5 Å². The molecule has 0 heterocycles. The molecule has 2 aromatic carbocycles. The average molecular weight is 285 g/mol. The first-order valence-corrected chi connectivity index (χ1v) is 6.65. The molecule has 0 unspecified atom stereocenters. The molecule has 0 aliphatic carbocycles. The minimum absolute atomic E-state index is 0.178. The van der Waals surface area contributed by atoms with Gasteiger partial charge in [0.05, 0.1) is 7.11 Å². The summed E-state index contributed by atoms with van der Waals surface area (Å²) in [4.78, 5) is 12.0. The molecule has 0 bridgehead atoms. The monoisotopic (exact) mass is 285 g/mol. The SMILES string of the molecule is COc1ccc(CCNC(=O)c2cc(N)cc(N)c2)cc1. The van der Waals surface area contributed by atoms with Crippen LogP contribution in [0.15, 0.2) is 42.5 Å². The summed E-state index contributed by atoms with van der Waals surface area (Å²) in [7, 11) is 1.63. The van der Waals surface area contributed by atoms with Gasteiger partial charge < -0.3 is 21.5 Å². The Hall–Kier alpha value is -2.69. The van der Waals surface area contributed by atoms with Gasteiger partial charge in [0.2, 0.25) is 0 Å². The number of methoxy groups -OCH3 is 1. The maximum Gasteiger partial charge on any atom is 0.251 e. The number of hydrogen-bond donors (Lipinski definition) is 3. The van der Waals surface area contributed by atoms with E-state index in [2.05, 4.69) is 5.32 Å². The van der Waals surface area contributed by atoms with Crippen molar-refractivity contribution in [2.24, 2.45) is 0 Å². The van der Waals surface area contributed by atoms with Crippen molar-refractivity contribution in [3.05, 3.63) is 53.6 Å². The van der Waals surface area contributed by atoms with Crippen LogP contribution >= 0.6 is 0 Å². The second kappa shape index (κ2) is 6.65.